The van der Waals surface area contributed by atoms with Gasteiger partial charge in [-0.05, 0) is 52.7 Å². The Morgan fingerprint density at radius 2 is 2.00 bits per heavy atom. The summed E-state index contributed by atoms with van der Waals surface area (Å²) >= 11 is 16.0. The number of ether oxygens (including phenoxy) is 1. The summed E-state index contributed by atoms with van der Waals surface area (Å²) in [5.74, 6) is 0.656. The van der Waals surface area contributed by atoms with Crippen LogP contribution in [0.4, 0.5) is 5.69 Å². The van der Waals surface area contributed by atoms with E-state index in [1.54, 1.807) is 6.07 Å². The molecule has 1 heterocycles. The average molecular weight is 367 g/mol. The summed E-state index contributed by atoms with van der Waals surface area (Å²) in [5, 5.41) is 4.85. The van der Waals surface area contributed by atoms with Crippen molar-refractivity contribution in [3.8, 4) is 0 Å². The molecule has 0 radical (unpaired) electrons. The molecule has 0 saturated carbocycles. The van der Waals surface area contributed by atoms with Crippen LogP contribution in [0.5, 0.6) is 0 Å². The first kappa shape index (κ1) is 15.4. The van der Waals surface area contributed by atoms with Crippen molar-refractivity contribution in [2.75, 3.05) is 25.1 Å². The molecule has 0 amide bonds. The maximum Gasteiger partial charge on any atom is 0.0655 e. The third kappa shape index (κ3) is 3.78. The highest BCUT2D eigenvalue weighted by molar-refractivity contribution is 9.10. The van der Waals surface area contributed by atoms with Crippen LogP contribution in [0.15, 0.2) is 10.5 Å². The van der Waals surface area contributed by atoms with Crippen molar-refractivity contribution in [3.05, 3.63) is 26.1 Å². The lowest BCUT2D eigenvalue weighted by Crippen LogP contribution is -2.23. The van der Waals surface area contributed by atoms with Gasteiger partial charge in [-0.1, -0.05) is 30.1 Å². The highest BCUT2D eigenvalue weighted by Gasteiger charge is 2.17. The van der Waals surface area contributed by atoms with Crippen LogP contribution in [0.2, 0.25) is 10.0 Å². The summed E-state index contributed by atoms with van der Waals surface area (Å²) in [6.07, 6.45) is 3.11. The van der Waals surface area contributed by atoms with Crippen molar-refractivity contribution in [2.45, 2.75) is 26.2 Å². The van der Waals surface area contributed by atoms with Crippen LogP contribution in [0.1, 0.15) is 25.3 Å². The second-order valence-electron chi connectivity index (χ2n) is 4.80. The van der Waals surface area contributed by atoms with Crippen LogP contribution >= 0.6 is 39.1 Å². The molecule has 0 bridgehead atoms. The van der Waals surface area contributed by atoms with Gasteiger partial charge in [-0.2, -0.15) is 0 Å². The smallest absolute Gasteiger partial charge is 0.0655 e. The van der Waals surface area contributed by atoms with Gasteiger partial charge in [0.1, 0.15) is 0 Å². The number of benzene rings is 1. The van der Waals surface area contributed by atoms with Crippen molar-refractivity contribution in [2.24, 2.45) is 5.92 Å². The highest BCUT2D eigenvalue weighted by atomic mass is 79.9. The van der Waals surface area contributed by atoms with E-state index in [2.05, 4.69) is 28.2 Å². The molecule has 0 aliphatic carbocycles. The minimum atomic E-state index is 0.656. The SMILES string of the molecule is CCc1c(Br)c(Cl)cc(Cl)c1NCC1CCOCC1. The number of halogens is 3. The molecule has 0 aromatic heterocycles. The van der Waals surface area contributed by atoms with Gasteiger partial charge in [0.2, 0.25) is 0 Å². The first-order valence-electron chi connectivity index (χ1n) is 6.61. The quantitative estimate of drug-likeness (QED) is 0.743. The van der Waals surface area contributed by atoms with Gasteiger partial charge < -0.3 is 10.1 Å². The summed E-state index contributed by atoms with van der Waals surface area (Å²) in [7, 11) is 0. The molecular weight excluding hydrogens is 349 g/mol. The lowest BCUT2D eigenvalue weighted by Gasteiger charge is -2.24. The molecule has 1 aliphatic heterocycles. The third-order valence-electron chi connectivity index (χ3n) is 3.53. The summed E-state index contributed by atoms with van der Waals surface area (Å²) in [4.78, 5) is 0. The first-order chi connectivity index (χ1) is 9.13. The molecule has 1 aromatic rings. The standard InChI is InChI=1S/C14H18BrCl2NO/c1-2-10-13(15)11(16)7-12(17)14(10)18-8-9-3-5-19-6-4-9/h7,9,18H,2-6,8H2,1H3. The molecule has 1 fully saturated rings. The predicted molar refractivity (Wildman–Crippen MR) is 85.6 cm³/mol. The summed E-state index contributed by atoms with van der Waals surface area (Å²) in [6.45, 7) is 4.77. The Balaban J connectivity index is 2.12. The normalized spacial score (nSPS) is 16.6. The van der Waals surface area contributed by atoms with Crippen molar-refractivity contribution < 1.29 is 4.74 Å². The van der Waals surface area contributed by atoms with E-state index in [0.717, 1.165) is 54.7 Å². The second kappa shape index (κ2) is 7.16. The van der Waals surface area contributed by atoms with E-state index in [4.69, 9.17) is 27.9 Å². The second-order valence-corrected chi connectivity index (χ2v) is 6.41. The molecule has 2 nitrogen and oxygen atoms in total. The van der Waals surface area contributed by atoms with Gasteiger partial charge in [0.15, 0.2) is 0 Å². The Labute approximate surface area is 132 Å². The van der Waals surface area contributed by atoms with E-state index in [1.165, 1.54) is 0 Å². The molecule has 0 unspecified atom stereocenters. The van der Waals surface area contributed by atoms with Crippen LogP contribution in [0, 0.1) is 5.92 Å². The zero-order chi connectivity index (χ0) is 13.8. The molecule has 0 spiro atoms. The Kier molecular flexibility index (Phi) is 5.82. The number of hydrogen-bond acceptors (Lipinski definition) is 2. The van der Waals surface area contributed by atoms with E-state index in [9.17, 15) is 0 Å². The van der Waals surface area contributed by atoms with Crippen LogP contribution in [0.3, 0.4) is 0 Å². The fourth-order valence-corrected chi connectivity index (χ4v) is 3.53. The molecule has 0 atom stereocenters. The van der Waals surface area contributed by atoms with E-state index in [1.807, 2.05) is 0 Å². The fraction of sp³-hybridized carbons (Fsp3) is 0.571. The van der Waals surface area contributed by atoms with Gasteiger partial charge in [-0.15, -0.1) is 0 Å². The molecule has 1 N–H and O–H groups in total. The molecule has 1 aromatic carbocycles. The van der Waals surface area contributed by atoms with Crippen LogP contribution in [-0.4, -0.2) is 19.8 Å². The van der Waals surface area contributed by atoms with Gasteiger partial charge in [0, 0.05) is 24.2 Å². The molecule has 19 heavy (non-hydrogen) atoms. The number of anilines is 1. The summed E-state index contributed by atoms with van der Waals surface area (Å²) < 4.78 is 6.32. The van der Waals surface area contributed by atoms with E-state index in [0.29, 0.717) is 16.0 Å². The minimum Gasteiger partial charge on any atom is -0.383 e. The molecular formula is C14H18BrCl2NO. The van der Waals surface area contributed by atoms with Crippen molar-refractivity contribution >= 4 is 44.8 Å². The molecule has 1 aliphatic rings. The molecule has 2 rings (SSSR count). The predicted octanol–water partition coefficient (Wildman–Crippen LogP) is 5.16. The van der Waals surface area contributed by atoms with E-state index < -0.39 is 0 Å². The first-order valence-corrected chi connectivity index (χ1v) is 8.16. The molecule has 1 saturated heterocycles. The Morgan fingerprint density at radius 3 is 2.63 bits per heavy atom. The average Bonchev–Trinajstić information content (AvgIpc) is 2.42. The Hall–Kier alpha value is 0.0400. The van der Waals surface area contributed by atoms with E-state index >= 15 is 0 Å². The Morgan fingerprint density at radius 1 is 1.32 bits per heavy atom. The molecule has 106 valence electrons. The van der Waals surface area contributed by atoms with Crippen molar-refractivity contribution in [1.82, 2.24) is 0 Å². The number of rotatable bonds is 4. The van der Waals surface area contributed by atoms with Crippen LogP contribution < -0.4 is 5.32 Å². The zero-order valence-corrected chi connectivity index (χ0v) is 14.0. The van der Waals surface area contributed by atoms with Crippen LogP contribution in [-0.2, 0) is 11.2 Å². The molecule has 5 heteroatoms. The highest BCUT2D eigenvalue weighted by Crippen LogP contribution is 2.38. The van der Waals surface area contributed by atoms with Gasteiger partial charge in [-0.25, -0.2) is 0 Å². The van der Waals surface area contributed by atoms with E-state index in [-0.39, 0.29) is 0 Å². The van der Waals surface area contributed by atoms with Gasteiger partial charge >= 0.3 is 0 Å². The van der Waals surface area contributed by atoms with Crippen molar-refractivity contribution in [3.63, 3.8) is 0 Å². The largest absolute Gasteiger partial charge is 0.383 e. The maximum atomic E-state index is 6.31. The number of hydrogen-bond donors (Lipinski definition) is 1. The monoisotopic (exact) mass is 365 g/mol. The van der Waals surface area contributed by atoms with Gasteiger partial charge in [-0.3, -0.25) is 0 Å². The lowest BCUT2D eigenvalue weighted by atomic mass is 10.00. The minimum absolute atomic E-state index is 0.656. The summed E-state index contributed by atoms with van der Waals surface area (Å²) in [6, 6.07) is 1.79. The topological polar surface area (TPSA) is 21.3 Å². The Bertz CT molecular complexity index is 448. The van der Waals surface area contributed by atoms with Gasteiger partial charge in [0.25, 0.3) is 0 Å². The lowest BCUT2D eigenvalue weighted by molar-refractivity contribution is 0.0699. The third-order valence-corrected chi connectivity index (χ3v) is 5.26. The fourth-order valence-electron chi connectivity index (χ4n) is 2.36. The summed E-state index contributed by atoms with van der Waals surface area (Å²) in [5.41, 5.74) is 2.15. The van der Waals surface area contributed by atoms with Crippen molar-refractivity contribution in [1.29, 1.82) is 0 Å². The number of nitrogens with one attached hydrogen (secondary N) is 1. The van der Waals surface area contributed by atoms with Gasteiger partial charge in [0.05, 0.1) is 15.7 Å². The maximum absolute atomic E-state index is 6.31. The zero-order valence-electron chi connectivity index (χ0n) is 10.9. The van der Waals surface area contributed by atoms with Crippen LogP contribution in [0.25, 0.3) is 0 Å².